The minimum absolute atomic E-state index is 0.00975. The van der Waals surface area contributed by atoms with Gasteiger partial charge in [0.05, 0.1) is 11.8 Å². The number of benzene rings is 2. The molecule has 4 nitrogen and oxygen atoms in total. The average molecular weight is 581 g/mol. The first-order chi connectivity index (χ1) is 20.4. The Morgan fingerprint density at radius 1 is 1.19 bits per heavy atom. The Balaban J connectivity index is 1.84. The lowest BCUT2D eigenvalue weighted by Gasteiger charge is -2.28. The summed E-state index contributed by atoms with van der Waals surface area (Å²) in [5.41, 5.74) is 5.62. The molecule has 0 radical (unpaired) electrons. The second-order valence-corrected chi connectivity index (χ2v) is 10.2. The van der Waals surface area contributed by atoms with E-state index in [4.69, 9.17) is 15.9 Å². The molecule has 1 aliphatic carbocycles. The number of nitrogens with zero attached hydrogens (tertiary/aromatic N) is 2. The first-order valence-electron chi connectivity index (χ1n) is 13.3. The Labute approximate surface area is 250 Å². The number of terminal acetylenes is 1. The SMILES string of the molecule is C#Cc1ccc(-n2cc(C(C=C)(CC(=C)C)OC)cn2)c(OC2=C/C(=C)C(C)=C=C/C(c3ccccc3C(F)(F)F)=C\2)c1. The van der Waals surface area contributed by atoms with Crippen LogP contribution in [0.4, 0.5) is 13.2 Å². The number of hydrogen-bond donors (Lipinski definition) is 0. The van der Waals surface area contributed by atoms with E-state index in [-0.39, 0.29) is 16.9 Å². The molecule has 1 aliphatic rings. The summed E-state index contributed by atoms with van der Waals surface area (Å²) in [4.78, 5) is 0. The molecule has 1 aromatic heterocycles. The van der Waals surface area contributed by atoms with E-state index in [9.17, 15) is 13.2 Å². The number of ether oxygens (including phenoxy) is 2. The fourth-order valence-corrected chi connectivity index (χ4v) is 4.68. The first kappa shape index (κ1) is 30.9. The van der Waals surface area contributed by atoms with Crippen molar-refractivity contribution in [3.05, 3.63) is 149 Å². The molecule has 1 unspecified atom stereocenters. The van der Waals surface area contributed by atoms with Crippen LogP contribution in [0.25, 0.3) is 11.3 Å². The Morgan fingerprint density at radius 2 is 1.93 bits per heavy atom. The van der Waals surface area contributed by atoms with Crippen LogP contribution in [0.5, 0.6) is 5.75 Å². The number of halogens is 3. The minimum atomic E-state index is -4.56. The normalized spacial score (nSPS) is 17.2. The van der Waals surface area contributed by atoms with Gasteiger partial charge < -0.3 is 9.47 Å². The summed E-state index contributed by atoms with van der Waals surface area (Å²) < 4.78 is 55.6. The van der Waals surface area contributed by atoms with Gasteiger partial charge in [-0.05, 0) is 78.6 Å². The van der Waals surface area contributed by atoms with Crippen molar-refractivity contribution in [2.24, 2.45) is 0 Å². The van der Waals surface area contributed by atoms with Crippen LogP contribution in [-0.4, -0.2) is 16.9 Å². The molecule has 3 aromatic rings. The van der Waals surface area contributed by atoms with E-state index in [0.717, 1.165) is 17.2 Å². The number of methoxy groups -OCH3 is 1. The molecule has 0 saturated carbocycles. The highest BCUT2D eigenvalue weighted by molar-refractivity contribution is 5.79. The van der Waals surface area contributed by atoms with Crippen molar-refractivity contribution in [3.63, 3.8) is 0 Å². The van der Waals surface area contributed by atoms with Crippen LogP contribution < -0.4 is 4.74 Å². The summed E-state index contributed by atoms with van der Waals surface area (Å²) in [6.45, 7) is 15.7. The third-order valence-corrected chi connectivity index (χ3v) is 7.01. The molecule has 218 valence electrons. The molecule has 0 fully saturated rings. The predicted molar refractivity (Wildman–Crippen MR) is 164 cm³/mol. The van der Waals surface area contributed by atoms with Gasteiger partial charge in [-0.3, -0.25) is 0 Å². The quantitative estimate of drug-likeness (QED) is 0.144. The van der Waals surface area contributed by atoms with E-state index in [1.807, 2.05) is 6.92 Å². The van der Waals surface area contributed by atoms with Crippen molar-refractivity contribution in [1.29, 1.82) is 0 Å². The van der Waals surface area contributed by atoms with Gasteiger partial charge in [-0.2, -0.15) is 18.3 Å². The monoisotopic (exact) mass is 580 g/mol. The van der Waals surface area contributed by atoms with Gasteiger partial charge in [-0.15, -0.1) is 18.7 Å². The lowest BCUT2D eigenvalue weighted by atomic mass is 9.90. The summed E-state index contributed by atoms with van der Waals surface area (Å²) in [7, 11) is 1.60. The highest BCUT2D eigenvalue weighted by atomic mass is 19.4. The number of allylic oxidation sites excluding steroid dienone is 5. The van der Waals surface area contributed by atoms with Gasteiger partial charge in [0.25, 0.3) is 0 Å². The summed E-state index contributed by atoms with van der Waals surface area (Å²) in [6, 6.07) is 10.5. The molecule has 0 spiro atoms. The summed E-state index contributed by atoms with van der Waals surface area (Å²) in [5.74, 6) is 3.18. The Morgan fingerprint density at radius 3 is 2.58 bits per heavy atom. The highest BCUT2D eigenvalue weighted by Crippen LogP contribution is 2.38. The molecular weight excluding hydrogens is 549 g/mol. The van der Waals surface area contributed by atoms with Gasteiger partial charge in [-0.25, -0.2) is 4.68 Å². The van der Waals surface area contributed by atoms with Crippen molar-refractivity contribution < 1.29 is 22.6 Å². The van der Waals surface area contributed by atoms with Gasteiger partial charge in [0, 0.05) is 30.9 Å². The van der Waals surface area contributed by atoms with Crippen molar-refractivity contribution >= 4 is 5.57 Å². The Kier molecular flexibility index (Phi) is 8.96. The summed E-state index contributed by atoms with van der Waals surface area (Å²) in [5, 5.41) is 4.56. The minimum Gasteiger partial charge on any atom is -0.455 e. The van der Waals surface area contributed by atoms with Crippen LogP contribution in [0.3, 0.4) is 0 Å². The second-order valence-electron chi connectivity index (χ2n) is 10.2. The molecule has 43 heavy (non-hydrogen) atoms. The zero-order valence-electron chi connectivity index (χ0n) is 24.3. The fraction of sp³-hybridized carbons (Fsp3) is 0.167. The standard InChI is InChI=1S/C36H31F3N2O2/c1-8-27-15-17-33(41-23-29(22-40-41)35(9-2,42-7)21-24(3)4)34(19-27)43-30-18-26(6)25(5)14-16-28(20-30)31-12-10-11-13-32(31)36(37,38)39/h1,9-13,15-20,22-23H,2-3,6,21H2,4-5,7H3/b28-20+,30-18+. The van der Waals surface area contributed by atoms with E-state index in [2.05, 4.69) is 36.5 Å². The van der Waals surface area contributed by atoms with Crippen LogP contribution in [-0.2, 0) is 16.5 Å². The van der Waals surface area contributed by atoms with E-state index in [1.54, 1.807) is 67.5 Å². The molecule has 7 heteroatoms. The van der Waals surface area contributed by atoms with Gasteiger partial charge in [0.1, 0.15) is 17.0 Å². The largest absolute Gasteiger partial charge is 0.455 e. The molecule has 0 N–H and O–H groups in total. The molecule has 4 rings (SSSR count). The summed E-state index contributed by atoms with van der Waals surface area (Å²) in [6.07, 6.45) is 11.5. The molecule has 0 amide bonds. The third kappa shape index (κ3) is 6.73. The molecule has 0 bridgehead atoms. The van der Waals surface area contributed by atoms with Crippen LogP contribution >= 0.6 is 0 Å². The Bertz CT molecular complexity index is 1770. The maximum Gasteiger partial charge on any atom is 0.417 e. The molecule has 1 heterocycles. The van der Waals surface area contributed by atoms with Crippen molar-refractivity contribution in [1.82, 2.24) is 9.78 Å². The van der Waals surface area contributed by atoms with Crippen LogP contribution in [0, 0.1) is 12.3 Å². The Hall–Kier alpha value is -5.02. The van der Waals surface area contributed by atoms with Crippen LogP contribution in [0.15, 0.2) is 127 Å². The molecule has 1 atom stereocenters. The highest BCUT2D eigenvalue weighted by Gasteiger charge is 2.34. The topological polar surface area (TPSA) is 36.3 Å². The van der Waals surface area contributed by atoms with E-state index in [0.29, 0.717) is 34.6 Å². The van der Waals surface area contributed by atoms with Crippen molar-refractivity contribution in [2.75, 3.05) is 7.11 Å². The van der Waals surface area contributed by atoms with Gasteiger partial charge in [0.15, 0.2) is 5.75 Å². The summed E-state index contributed by atoms with van der Waals surface area (Å²) >= 11 is 0. The zero-order valence-corrected chi connectivity index (χ0v) is 24.3. The average Bonchev–Trinajstić information content (AvgIpc) is 3.47. The van der Waals surface area contributed by atoms with E-state index in [1.165, 1.54) is 24.3 Å². The lowest BCUT2D eigenvalue weighted by Crippen LogP contribution is -2.25. The third-order valence-electron chi connectivity index (χ3n) is 7.01. The lowest BCUT2D eigenvalue weighted by molar-refractivity contribution is -0.137. The molecule has 2 aromatic carbocycles. The number of hydrogen-bond acceptors (Lipinski definition) is 3. The van der Waals surface area contributed by atoms with Gasteiger partial charge in [-0.1, -0.05) is 48.9 Å². The van der Waals surface area contributed by atoms with Crippen molar-refractivity contribution in [3.8, 4) is 23.8 Å². The molecule has 0 saturated heterocycles. The van der Waals surface area contributed by atoms with E-state index >= 15 is 0 Å². The van der Waals surface area contributed by atoms with Crippen molar-refractivity contribution in [2.45, 2.75) is 32.0 Å². The van der Waals surface area contributed by atoms with Crippen LogP contribution in [0.2, 0.25) is 0 Å². The first-order valence-corrected chi connectivity index (χ1v) is 13.3. The fourth-order valence-electron chi connectivity index (χ4n) is 4.68. The molecular formula is C36H31F3N2O2. The number of rotatable bonds is 9. The maximum absolute atomic E-state index is 13.9. The van der Waals surface area contributed by atoms with Crippen LogP contribution in [0.1, 0.15) is 42.5 Å². The molecule has 0 aliphatic heterocycles. The number of aromatic nitrogens is 2. The zero-order chi connectivity index (χ0) is 31.4. The number of alkyl halides is 3. The second kappa shape index (κ2) is 12.5. The predicted octanol–water partition coefficient (Wildman–Crippen LogP) is 8.88. The van der Waals surface area contributed by atoms with Gasteiger partial charge in [0.2, 0.25) is 0 Å². The van der Waals surface area contributed by atoms with E-state index < -0.39 is 17.3 Å². The maximum atomic E-state index is 13.9. The van der Waals surface area contributed by atoms with Gasteiger partial charge >= 0.3 is 6.18 Å². The smallest absolute Gasteiger partial charge is 0.417 e.